The maximum atomic E-state index is 12.4. The van der Waals surface area contributed by atoms with Gasteiger partial charge in [0.25, 0.3) is 5.91 Å². The van der Waals surface area contributed by atoms with Crippen LogP contribution in [0.4, 0.5) is 5.69 Å². The minimum atomic E-state index is 0.00468. The molecule has 3 heteroatoms. The Morgan fingerprint density at radius 3 is 2.10 bits per heavy atom. The Morgan fingerprint density at radius 1 is 1.00 bits per heavy atom. The van der Waals surface area contributed by atoms with Crippen molar-refractivity contribution in [1.29, 1.82) is 0 Å². The Bertz CT molecular complexity index is 444. The van der Waals surface area contributed by atoms with Crippen LogP contribution in [0.25, 0.3) is 0 Å². The first-order valence-electron chi connectivity index (χ1n) is 7.96. The van der Waals surface area contributed by atoms with E-state index in [0.29, 0.717) is 23.8 Å². The van der Waals surface area contributed by atoms with Gasteiger partial charge in [0.2, 0.25) is 0 Å². The van der Waals surface area contributed by atoms with E-state index in [1.807, 2.05) is 24.3 Å². The van der Waals surface area contributed by atoms with Gasteiger partial charge in [-0.2, -0.15) is 0 Å². The number of hydrogen-bond acceptors (Lipinski definition) is 2. The molecule has 118 valence electrons. The monoisotopic (exact) mass is 290 g/mol. The molecule has 0 aliphatic rings. The SMILES string of the molecule is CC(C)Nc1ccccc1C(=O)NCC(C(C)C)C(C)C. The van der Waals surface area contributed by atoms with Gasteiger partial charge in [0, 0.05) is 18.3 Å². The first-order chi connectivity index (χ1) is 9.82. The Balaban J connectivity index is 2.76. The Hall–Kier alpha value is -1.51. The molecule has 1 aromatic carbocycles. The van der Waals surface area contributed by atoms with Crippen LogP contribution in [0, 0.1) is 17.8 Å². The first-order valence-corrected chi connectivity index (χ1v) is 7.96. The third-order valence-corrected chi connectivity index (χ3v) is 3.83. The van der Waals surface area contributed by atoms with Gasteiger partial charge < -0.3 is 10.6 Å². The highest BCUT2D eigenvalue weighted by atomic mass is 16.1. The van der Waals surface area contributed by atoms with Crippen molar-refractivity contribution in [3.8, 4) is 0 Å². The number of anilines is 1. The summed E-state index contributed by atoms with van der Waals surface area (Å²) in [5.74, 6) is 1.63. The fourth-order valence-electron chi connectivity index (χ4n) is 2.66. The van der Waals surface area contributed by atoms with Crippen LogP contribution in [-0.4, -0.2) is 18.5 Å². The summed E-state index contributed by atoms with van der Waals surface area (Å²) in [6.07, 6.45) is 0. The smallest absolute Gasteiger partial charge is 0.253 e. The predicted octanol–water partition coefficient (Wildman–Crippen LogP) is 4.16. The molecule has 0 bridgehead atoms. The van der Waals surface area contributed by atoms with Crippen LogP contribution in [-0.2, 0) is 0 Å². The van der Waals surface area contributed by atoms with Crippen LogP contribution < -0.4 is 10.6 Å². The summed E-state index contributed by atoms with van der Waals surface area (Å²) >= 11 is 0. The maximum absolute atomic E-state index is 12.4. The molecule has 0 saturated heterocycles. The van der Waals surface area contributed by atoms with Gasteiger partial charge in [-0.3, -0.25) is 4.79 Å². The number of nitrogens with one attached hydrogen (secondary N) is 2. The van der Waals surface area contributed by atoms with E-state index in [4.69, 9.17) is 0 Å². The van der Waals surface area contributed by atoms with E-state index in [-0.39, 0.29) is 5.91 Å². The molecule has 1 aromatic rings. The molecule has 0 aliphatic heterocycles. The summed E-state index contributed by atoms with van der Waals surface area (Å²) in [4.78, 5) is 12.4. The number of benzene rings is 1. The van der Waals surface area contributed by atoms with Gasteiger partial charge in [-0.25, -0.2) is 0 Å². The largest absolute Gasteiger partial charge is 0.382 e. The lowest BCUT2D eigenvalue weighted by molar-refractivity contribution is 0.0938. The third kappa shape index (κ3) is 5.41. The van der Waals surface area contributed by atoms with Crippen molar-refractivity contribution in [2.75, 3.05) is 11.9 Å². The number of amides is 1. The van der Waals surface area contributed by atoms with E-state index in [9.17, 15) is 4.79 Å². The van der Waals surface area contributed by atoms with E-state index < -0.39 is 0 Å². The molecule has 0 aliphatic carbocycles. The van der Waals surface area contributed by atoms with Crippen molar-refractivity contribution in [2.24, 2.45) is 17.8 Å². The minimum Gasteiger partial charge on any atom is -0.382 e. The van der Waals surface area contributed by atoms with E-state index in [1.165, 1.54) is 0 Å². The third-order valence-electron chi connectivity index (χ3n) is 3.83. The van der Waals surface area contributed by atoms with Crippen LogP contribution >= 0.6 is 0 Å². The topological polar surface area (TPSA) is 41.1 Å². The summed E-state index contributed by atoms with van der Waals surface area (Å²) in [6, 6.07) is 7.99. The fraction of sp³-hybridized carbons (Fsp3) is 0.611. The Labute approximate surface area is 129 Å². The summed E-state index contributed by atoms with van der Waals surface area (Å²) in [7, 11) is 0. The van der Waals surface area contributed by atoms with Crippen LogP contribution in [0.3, 0.4) is 0 Å². The van der Waals surface area contributed by atoms with E-state index in [2.05, 4.69) is 52.2 Å². The van der Waals surface area contributed by atoms with Gasteiger partial charge in [-0.05, 0) is 43.7 Å². The molecule has 0 heterocycles. The van der Waals surface area contributed by atoms with E-state index in [0.717, 1.165) is 17.8 Å². The number of rotatable bonds is 7. The maximum Gasteiger partial charge on any atom is 0.253 e. The van der Waals surface area contributed by atoms with Gasteiger partial charge in [0.05, 0.1) is 5.56 Å². The van der Waals surface area contributed by atoms with Gasteiger partial charge in [-0.15, -0.1) is 0 Å². The zero-order chi connectivity index (χ0) is 16.0. The first kappa shape index (κ1) is 17.5. The second kappa shape index (κ2) is 8.06. The van der Waals surface area contributed by atoms with Crippen molar-refractivity contribution in [2.45, 2.75) is 47.6 Å². The predicted molar refractivity (Wildman–Crippen MR) is 90.7 cm³/mol. The Morgan fingerprint density at radius 2 is 1.57 bits per heavy atom. The van der Waals surface area contributed by atoms with Crippen LogP contribution in [0.1, 0.15) is 51.9 Å². The fourth-order valence-corrected chi connectivity index (χ4v) is 2.66. The summed E-state index contributed by atoms with van der Waals surface area (Å²) in [6.45, 7) is 13.7. The molecule has 0 aromatic heterocycles. The summed E-state index contributed by atoms with van der Waals surface area (Å²) < 4.78 is 0. The second-order valence-corrected chi connectivity index (χ2v) is 6.71. The van der Waals surface area contributed by atoms with E-state index in [1.54, 1.807) is 0 Å². The average molecular weight is 290 g/mol. The van der Waals surface area contributed by atoms with Crippen molar-refractivity contribution in [3.63, 3.8) is 0 Å². The van der Waals surface area contributed by atoms with Gasteiger partial charge in [0.1, 0.15) is 0 Å². The second-order valence-electron chi connectivity index (χ2n) is 6.71. The van der Waals surface area contributed by atoms with Crippen LogP contribution in [0.2, 0.25) is 0 Å². The normalized spacial score (nSPS) is 11.5. The van der Waals surface area contributed by atoms with Crippen molar-refractivity contribution in [3.05, 3.63) is 29.8 Å². The van der Waals surface area contributed by atoms with Crippen LogP contribution in [0.5, 0.6) is 0 Å². The highest BCUT2D eigenvalue weighted by Crippen LogP contribution is 2.20. The number of carbonyl (C=O) groups excluding carboxylic acids is 1. The average Bonchev–Trinajstić information content (AvgIpc) is 2.37. The molecule has 3 nitrogen and oxygen atoms in total. The quantitative estimate of drug-likeness (QED) is 0.791. The van der Waals surface area contributed by atoms with Crippen molar-refractivity contribution >= 4 is 11.6 Å². The molecule has 0 saturated carbocycles. The zero-order valence-electron chi connectivity index (χ0n) is 14.2. The minimum absolute atomic E-state index is 0.00468. The lowest BCUT2D eigenvalue weighted by Crippen LogP contribution is -2.34. The van der Waals surface area contributed by atoms with Crippen LogP contribution in [0.15, 0.2) is 24.3 Å². The van der Waals surface area contributed by atoms with Crippen molar-refractivity contribution in [1.82, 2.24) is 5.32 Å². The Kier molecular flexibility index (Phi) is 6.73. The summed E-state index contributed by atoms with van der Waals surface area (Å²) in [5, 5.41) is 6.42. The molecule has 1 rings (SSSR count). The lowest BCUT2D eigenvalue weighted by atomic mass is 9.85. The molecule has 0 radical (unpaired) electrons. The molecule has 21 heavy (non-hydrogen) atoms. The highest BCUT2D eigenvalue weighted by molar-refractivity contribution is 5.99. The molecular formula is C18H30N2O. The molecule has 0 unspecified atom stereocenters. The molecule has 2 N–H and O–H groups in total. The number of carbonyl (C=O) groups is 1. The number of para-hydroxylation sites is 1. The molecular weight excluding hydrogens is 260 g/mol. The van der Waals surface area contributed by atoms with Gasteiger partial charge in [0.15, 0.2) is 0 Å². The summed E-state index contributed by atoms with van der Waals surface area (Å²) in [5.41, 5.74) is 1.62. The van der Waals surface area contributed by atoms with Crippen molar-refractivity contribution < 1.29 is 4.79 Å². The number of hydrogen-bond donors (Lipinski definition) is 2. The van der Waals surface area contributed by atoms with E-state index >= 15 is 0 Å². The molecule has 0 fully saturated rings. The highest BCUT2D eigenvalue weighted by Gasteiger charge is 2.19. The van der Waals surface area contributed by atoms with Gasteiger partial charge >= 0.3 is 0 Å². The van der Waals surface area contributed by atoms with Gasteiger partial charge in [-0.1, -0.05) is 39.8 Å². The lowest BCUT2D eigenvalue weighted by Gasteiger charge is -2.25. The molecule has 0 spiro atoms. The molecule has 0 atom stereocenters. The zero-order valence-corrected chi connectivity index (χ0v) is 14.2. The molecule has 1 amide bonds. The standard InChI is InChI=1S/C18H30N2O/c1-12(2)16(13(3)4)11-19-18(21)15-9-7-8-10-17(15)20-14(5)6/h7-10,12-14,16,20H,11H2,1-6H3,(H,19,21).